The molecule has 7 nitrogen and oxygen atoms in total. The van der Waals surface area contributed by atoms with E-state index in [9.17, 15) is 13.8 Å². The van der Waals surface area contributed by atoms with E-state index in [0.29, 0.717) is 44.2 Å². The summed E-state index contributed by atoms with van der Waals surface area (Å²) < 4.78 is 33.1. The Morgan fingerprint density at radius 2 is 1.85 bits per heavy atom. The average molecular weight is 485 g/mol. The average Bonchev–Trinajstić information content (AvgIpc) is 3.14. The van der Waals surface area contributed by atoms with Crippen molar-refractivity contribution in [3.8, 4) is 5.69 Å². The molecule has 34 heavy (non-hydrogen) atoms. The number of fused-ring (bicyclic) bond motifs is 1. The van der Waals surface area contributed by atoms with Gasteiger partial charge in [0.25, 0.3) is 5.52 Å². The van der Waals surface area contributed by atoms with Crippen LogP contribution in [0.15, 0.2) is 59.6 Å². The predicted molar refractivity (Wildman–Crippen MR) is 134 cm³/mol. The summed E-state index contributed by atoms with van der Waals surface area (Å²) in [5, 5.41) is 15.4. The number of nitrogen functional groups attached to an aromatic ring is 1. The third kappa shape index (κ3) is 4.89. The second kappa shape index (κ2) is 9.80. The van der Waals surface area contributed by atoms with Gasteiger partial charge in [0.1, 0.15) is 17.3 Å². The van der Waals surface area contributed by atoms with Crippen LogP contribution in [0.4, 0.5) is 15.9 Å². The zero-order valence-electron chi connectivity index (χ0n) is 20.3. The highest BCUT2D eigenvalue weighted by atomic mass is 32.2. The highest BCUT2D eigenvalue weighted by Crippen LogP contribution is 2.29. The lowest BCUT2D eigenvalue weighted by molar-refractivity contribution is -0.884. The Bertz CT molecular complexity index is 1350. The molecule has 1 unspecified atom stereocenters. The second-order valence-corrected chi connectivity index (χ2v) is 9.85. The van der Waals surface area contributed by atoms with Gasteiger partial charge in [-0.05, 0) is 48.2 Å². The zero-order valence-corrected chi connectivity index (χ0v) is 21.1. The van der Waals surface area contributed by atoms with E-state index >= 15 is 0 Å². The maximum Gasteiger partial charge on any atom is 0.289 e. The number of aromatic nitrogens is 3. The lowest BCUT2D eigenvalue weighted by Gasteiger charge is -2.20. The molecule has 4 N–H and O–H groups in total. The van der Waals surface area contributed by atoms with Crippen LogP contribution in [0.25, 0.3) is 16.6 Å². The van der Waals surface area contributed by atoms with Crippen LogP contribution >= 0.6 is 0 Å². The molecule has 0 aliphatic rings. The first kappa shape index (κ1) is 25.2. The van der Waals surface area contributed by atoms with Crippen LogP contribution in [0, 0.1) is 12.7 Å². The summed E-state index contributed by atoms with van der Waals surface area (Å²) in [6, 6.07) is 13.3. The first-order chi connectivity index (χ1) is 16.1. The number of halogens is 1. The van der Waals surface area contributed by atoms with E-state index in [0.717, 1.165) is 4.73 Å². The summed E-state index contributed by atoms with van der Waals surface area (Å²) in [7, 11) is -1.72. The minimum absolute atomic E-state index is 0.316. The monoisotopic (exact) mass is 484 g/mol. The SMILES string of the molecule is CC.Cc1cc(NS(=O)c2ccc(C(C)(C)C)c(F)c2)n(-c2ccc(N)c3c2ccc[n+]3O)n1. The van der Waals surface area contributed by atoms with Crippen LogP contribution in [0.1, 0.15) is 45.9 Å². The molecule has 0 saturated heterocycles. The van der Waals surface area contributed by atoms with Gasteiger partial charge in [-0.25, -0.2) is 13.3 Å². The van der Waals surface area contributed by atoms with Crippen molar-refractivity contribution in [2.75, 3.05) is 10.5 Å². The van der Waals surface area contributed by atoms with E-state index in [1.54, 1.807) is 41.1 Å². The molecule has 0 aliphatic carbocycles. The van der Waals surface area contributed by atoms with Gasteiger partial charge in [-0.15, -0.1) is 0 Å². The smallest absolute Gasteiger partial charge is 0.289 e. The molecule has 2 aromatic carbocycles. The molecule has 180 valence electrons. The Balaban J connectivity index is 0.00000158. The van der Waals surface area contributed by atoms with Crippen molar-refractivity contribution in [2.24, 2.45) is 0 Å². The fourth-order valence-electron chi connectivity index (χ4n) is 3.64. The zero-order chi connectivity index (χ0) is 25.2. The maximum absolute atomic E-state index is 14.6. The first-order valence-corrected chi connectivity index (χ1v) is 12.2. The van der Waals surface area contributed by atoms with Gasteiger partial charge >= 0.3 is 0 Å². The van der Waals surface area contributed by atoms with Gasteiger partial charge in [0.05, 0.1) is 21.7 Å². The lowest BCUT2D eigenvalue weighted by atomic mass is 9.87. The van der Waals surface area contributed by atoms with E-state index in [1.165, 1.54) is 12.3 Å². The largest absolute Gasteiger partial charge is 0.393 e. The van der Waals surface area contributed by atoms with Gasteiger partial charge in [-0.3, -0.25) is 9.93 Å². The molecular formula is C25H31FN5O2S+. The van der Waals surface area contributed by atoms with Crippen LogP contribution < -0.4 is 15.2 Å². The number of rotatable bonds is 4. The quantitative estimate of drug-likeness (QED) is 0.215. The van der Waals surface area contributed by atoms with Gasteiger partial charge in [0, 0.05) is 16.9 Å². The van der Waals surface area contributed by atoms with Crippen molar-refractivity contribution in [2.45, 2.75) is 51.9 Å². The lowest BCUT2D eigenvalue weighted by Crippen LogP contribution is -2.31. The number of aryl methyl sites for hydroxylation is 1. The van der Waals surface area contributed by atoms with Crippen molar-refractivity contribution in [1.82, 2.24) is 9.78 Å². The summed E-state index contributed by atoms with van der Waals surface area (Å²) in [5.41, 5.74) is 8.43. The third-order valence-corrected chi connectivity index (χ3v) is 6.24. The van der Waals surface area contributed by atoms with E-state index in [4.69, 9.17) is 5.73 Å². The number of nitrogens with two attached hydrogens (primary N) is 1. The molecule has 2 aromatic heterocycles. The van der Waals surface area contributed by atoms with E-state index in [1.807, 2.05) is 47.6 Å². The highest BCUT2D eigenvalue weighted by molar-refractivity contribution is 7.86. The van der Waals surface area contributed by atoms with Crippen LogP contribution in [0.5, 0.6) is 0 Å². The Morgan fingerprint density at radius 1 is 1.15 bits per heavy atom. The van der Waals surface area contributed by atoms with Gasteiger partial charge < -0.3 is 5.73 Å². The van der Waals surface area contributed by atoms with Crippen molar-refractivity contribution < 1.29 is 18.5 Å². The van der Waals surface area contributed by atoms with Gasteiger partial charge in [0.2, 0.25) is 6.20 Å². The molecule has 0 aliphatic heterocycles. The van der Waals surface area contributed by atoms with Crippen LogP contribution in [0.3, 0.4) is 0 Å². The Labute approximate surface area is 201 Å². The van der Waals surface area contributed by atoms with E-state index in [-0.39, 0.29) is 5.41 Å². The Kier molecular flexibility index (Phi) is 7.26. The molecule has 0 saturated carbocycles. The minimum Gasteiger partial charge on any atom is -0.393 e. The third-order valence-electron chi connectivity index (χ3n) is 5.16. The number of hydrogen-bond acceptors (Lipinski definition) is 4. The van der Waals surface area contributed by atoms with E-state index in [2.05, 4.69) is 9.82 Å². The number of anilines is 2. The van der Waals surface area contributed by atoms with Crippen molar-refractivity contribution in [1.29, 1.82) is 0 Å². The number of hydrogen-bond donors (Lipinski definition) is 3. The Morgan fingerprint density at radius 3 is 2.50 bits per heavy atom. The first-order valence-electron chi connectivity index (χ1n) is 11.0. The molecule has 4 rings (SSSR count). The molecule has 2 heterocycles. The molecule has 0 spiro atoms. The summed E-state index contributed by atoms with van der Waals surface area (Å²) in [4.78, 5) is 0.316. The predicted octanol–water partition coefficient (Wildman–Crippen LogP) is 5.04. The summed E-state index contributed by atoms with van der Waals surface area (Å²) in [5.74, 6) is 0.0624. The molecule has 0 amide bonds. The number of benzene rings is 2. The molecule has 0 radical (unpaired) electrons. The van der Waals surface area contributed by atoms with Gasteiger partial charge in [-0.2, -0.15) is 5.10 Å². The van der Waals surface area contributed by atoms with Crippen molar-refractivity contribution >= 4 is 33.4 Å². The second-order valence-electron chi connectivity index (χ2n) is 8.63. The topological polar surface area (TPSA) is 97.0 Å². The summed E-state index contributed by atoms with van der Waals surface area (Å²) in [6.07, 6.45) is 1.49. The summed E-state index contributed by atoms with van der Waals surface area (Å²) >= 11 is 0. The minimum atomic E-state index is -1.72. The van der Waals surface area contributed by atoms with Gasteiger partial charge in [-0.1, -0.05) is 40.7 Å². The molecule has 0 fully saturated rings. The van der Waals surface area contributed by atoms with Crippen molar-refractivity contribution in [3.63, 3.8) is 0 Å². The number of pyridine rings is 1. The fraction of sp³-hybridized carbons (Fsp3) is 0.280. The molecule has 0 bridgehead atoms. The van der Waals surface area contributed by atoms with Crippen LogP contribution in [-0.4, -0.2) is 19.2 Å². The van der Waals surface area contributed by atoms with Crippen LogP contribution in [0.2, 0.25) is 0 Å². The van der Waals surface area contributed by atoms with E-state index < -0.39 is 16.8 Å². The van der Waals surface area contributed by atoms with Gasteiger partial charge in [0.15, 0.2) is 11.0 Å². The Hall–Kier alpha value is -3.46. The normalized spacial score (nSPS) is 12.2. The highest BCUT2D eigenvalue weighted by Gasteiger charge is 2.21. The van der Waals surface area contributed by atoms with Crippen LogP contribution in [-0.2, 0) is 16.4 Å². The number of nitrogens with zero attached hydrogens (tertiary/aromatic N) is 3. The number of nitrogens with one attached hydrogen (secondary N) is 1. The summed E-state index contributed by atoms with van der Waals surface area (Å²) in [6.45, 7) is 11.6. The molecular weight excluding hydrogens is 453 g/mol. The standard InChI is InChI=1S/C23H25FN5O2S.C2H6/c1-14-12-21(27-32(31)15-7-8-17(18(24)13-15)23(2,3)4)29(26-14)20-10-9-19(25)22-16(20)6-5-11-28(22)30;1-2/h5-13,27,30H,25H2,1-4H3;1-2H3/q+1;. The molecule has 9 heteroatoms. The maximum atomic E-state index is 14.6. The fourth-order valence-corrected chi connectivity index (χ4v) is 4.50. The van der Waals surface area contributed by atoms with Crippen molar-refractivity contribution in [3.05, 3.63) is 71.8 Å². The molecule has 4 aromatic rings. The molecule has 1 atom stereocenters.